The highest BCUT2D eigenvalue weighted by Crippen LogP contribution is 2.33. The fourth-order valence-corrected chi connectivity index (χ4v) is 3.37. The number of piperazine rings is 1. The molecule has 0 aliphatic carbocycles. The van der Waals surface area contributed by atoms with Crippen molar-refractivity contribution in [1.82, 2.24) is 9.80 Å². The molecular formula is C19H25N3O4. The van der Waals surface area contributed by atoms with Gasteiger partial charge in [0.15, 0.2) is 6.61 Å². The van der Waals surface area contributed by atoms with Crippen molar-refractivity contribution in [3.05, 3.63) is 23.8 Å². The number of aryl methyl sites for hydroxylation is 1. The van der Waals surface area contributed by atoms with Gasteiger partial charge in [0.1, 0.15) is 5.75 Å². The highest BCUT2D eigenvalue weighted by atomic mass is 16.5. The minimum atomic E-state index is -0.0781. The van der Waals surface area contributed by atoms with Gasteiger partial charge in [-0.3, -0.25) is 14.4 Å². The lowest BCUT2D eigenvalue weighted by Crippen LogP contribution is -2.50. The van der Waals surface area contributed by atoms with Crippen LogP contribution in [0.15, 0.2) is 18.2 Å². The first-order chi connectivity index (χ1) is 12.5. The standard InChI is InChI=1S/C19H25N3O4/c1-14-5-6-17-16(12-14)22(19(25)13-26-17)7-3-4-18(24)21-10-8-20(9-11-21)15(2)23/h5-6,12H,3-4,7-11,13H2,1-2H3. The van der Waals surface area contributed by atoms with Crippen LogP contribution in [0.4, 0.5) is 5.69 Å². The van der Waals surface area contributed by atoms with Crippen LogP contribution in [-0.4, -0.2) is 66.9 Å². The third kappa shape index (κ3) is 3.98. The van der Waals surface area contributed by atoms with Gasteiger partial charge >= 0.3 is 0 Å². The van der Waals surface area contributed by atoms with E-state index in [1.807, 2.05) is 25.1 Å². The molecule has 7 heteroatoms. The third-order valence-electron chi connectivity index (χ3n) is 4.91. The molecule has 26 heavy (non-hydrogen) atoms. The lowest BCUT2D eigenvalue weighted by Gasteiger charge is -2.34. The normalized spacial score (nSPS) is 17.0. The van der Waals surface area contributed by atoms with E-state index in [1.165, 1.54) is 0 Å². The molecule has 2 aliphatic heterocycles. The van der Waals surface area contributed by atoms with Crippen molar-refractivity contribution in [2.45, 2.75) is 26.7 Å². The van der Waals surface area contributed by atoms with Crippen LogP contribution in [0.5, 0.6) is 5.75 Å². The molecule has 140 valence electrons. The molecule has 0 saturated carbocycles. The molecule has 0 spiro atoms. The fraction of sp³-hybridized carbons (Fsp3) is 0.526. The molecule has 0 unspecified atom stereocenters. The van der Waals surface area contributed by atoms with Crippen molar-refractivity contribution in [2.24, 2.45) is 0 Å². The molecule has 7 nitrogen and oxygen atoms in total. The van der Waals surface area contributed by atoms with Crippen LogP contribution in [0.3, 0.4) is 0 Å². The number of hydrogen-bond donors (Lipinski definition) is 0. The van der Waals surface area contributed by atoms with Crippen LogP contribution >= 0.6 is 0 Å². The van der Waals surface area contributed by atoms with Crippen molar-refractivity contribution >= 4 is 23.4 Å². The number of carbonyl (C=O) groups excluding carboxylic acids is 3. The number of nitrogens with zero attached hydrogens (tertiary/aromatic N) is 3. The minimum absolute atomic E-state index is 0.0387. The largest absolute Gasteiger partial charge is 0.482 e. The van der Waals surface area contributed by atoms with Gasteiger partial charge in [-0.15, -0.1) is 0 Å². The predicted octanol–water partition coefficient (Wildman–Crippen LogP) is 1.19. The average Bonchev–Trinajstić information content (AvgIpc) is 2.63. The Kier molecular flexibility index (Phi) is 5.44. The zero-order valence-electron chi connectivity index (χ0n) is 15.4. The zero-order valence-corrected chi connectivity index (χ0v) is 15.4. The molecule has 0 aromatic heterocycles. The minimum Gasteiger partial charge on any atom is -0.482 e. The third-order valence-corrected chi connectivity index (χ3v) is 4.91. The number of carbonyl (C=O) groups is 3. The molecule has 0 bridgehead atoms. The summed E-state index contributed by atoms with van der Waals surface area (Å²) < 4.78 is 5.47. The van der Waals surface area contributed by atoms with Crippen molar-refractivity contribution in [2.75, 3.05) is 44.2 Å². The smallest absolute Gasteiger partial charge is 0.265 e. The average molecular weight is 359 g/mol. The maximum Gasteiger partial charge on any atom is 0.265 e. The van der Waals surface area contributed by atoms with E-state index in [4.69, 9.17) is 4.74 Å². The molecule has 0 atom stereocenters. The number of hydrogen-bond acceptors (Lipinski definition) is 4. The van der Waals surface area contributed by atoms with Crippen LogP contribution in [-0.2, 0) is 14.4 Å². The van der Waals surface area contributed by atoms with Gasteiger partial charge in [0.05, 0.1) is 5.69 Å². The van der Waals surface area contributed by atoms with Crippen LogP contribution < -0.4 is 9.64 Å². The van der Waals surface area contributed by atoms with Gasteiger partial charge in [0.2, 0.25) is 11.8 Å². The number of fused-ring (bicyclic) bond motifs is 1. The van der Waals surface area contributed by atoms with Gasteiger partial charge in [-0.1, -0.05) is 6.07 Å². The molecule has 1 fully saturated rings. The van der Waals surface area contributed by atoms with E-state index >= 15 is 0 Å². The molecular weight excluding hydrogens is 334 g/mol. The Morgan fingerprint density at radius 2 is 1.81 bits per heavy atom. The molecule has 0 N–H and O–H groups in total. The van der Waals surface area contributed by atoms with Gasteiger partial charge < -0.3 is 19.4 Å². The van der Waals surface area contributed by atoms with E-state index in [9.17, 15) is 14.4 Å². The maximum atomic E-state index is 12.4. The number of amides is 3. The SMILES string of the molecule is CC(=O)N1CCN(C(=O)CCCN2C(=O)COc3ccc(C)cc32)CC1. The van der Waals surface area contributed by atoms with Gasteiger partial charge in [0, 0.05) is 46.1 Å². The van der Waals surface area contributed by atoms with E-state index in [0.717, 1.165) is 11.3 Å². The number of anilines is 1. The molecule has 3 rings (SSSR count). The van der Waals surface area contributed by atoms with Crippen LogP contribution in [0, 0.1) is 6.92 Å². The summed E-state index contributed by atoms with van der Waals surface area (Å²) in [5, 5.41) is 0. The van der Waals surface area contributed by atoms with E-state index in [-0.39, 0.29) is 24.3 Å². The molecule has 1 aromatic rings. The summed E-state index contributed by atoms with van der Waals surface area (Å²) in [5.41, 5.74) is 1.84. The first-order valence-electron chi connectivity index (χ1n) is 9.03. The van der Waals surface area contributed by atoms with Crippen molar-refractivity contribution < 1.29 is 19.1 Å². The second-order valence-electron chi connectivity index (χ2n) is 6.80. The number of ether oxygens (including phenoxy) is 1. The van der Waals surface area contributed by atoms with E-state index in [0.29, 0.717) is 51.3 Å². The lowest BCUT2D eigenvalue weighted by atomic mass is 10.1. The molecule has 0 radical (unpaired) electrons. The van der Waals surface area contributed by atoms with Crippen LogP contribution in [0.2, 0.25) is 0 Å². The molecule has 1 aromatic carbocycles. The van der Waals surface area contributed by atoms with Crippen molar-refractivity contribution in [1.29, 1.82) is 0 Å². The molecule has 2 aliphatic rings. The second-order valence-corrected chi connectivity index (χ2v) is 6.80. The Balaban J connectivity index is 1.52. The number of rotatable bonds is 4. The summed E-state index contributed by atoms with van der Waals surface area (Å²) in [5.74, 6) is 0.766. The Bertz CT molecular complexity index is 711. The first-order valence-corrected chi connectivity index (χ1v) is 9.03. The Morgan fingerprint density at radius 1 is 1.12 bits per heavy atom. The summed E-state index contributed by atoms with van der Waals surface area (Å²) in [7, 11) is 0. The summed E-state index contributed by atoms with van der Waals surface area (Å²) in [6.45, 7) is 6.41. The van der Waals surface area contributed by atoms with Crippen molar-refractivity contribution in [3.63, 3.8) is 0 Å². The highest BCUT2D eigenvalue weighted by molar-refractivity contribution is 5.98. The summed E-state index contributed by atoms with van der Waals surface area (Å²) in [4.78, 5) is 41.2. The summed E-state index contributed by atoms with van der Waals surface area (Å²) >= 11 is 0. The van der Waals surface area contributed by atoms with Crippen LogP contribution in [0.25, 0.3) is 0 Å². The number of benzene rings is 1. The molecule has 1 saturated heterocycles. The van der Waals surface area contributed by atoms with Gasteiger partial charge in [-0.05, 0) is 31.0 Å². The van der Waals surface area contributed by atoms with Crippen LogP contribution in [0.1, 0.15) is 25.3 Å². The van der Waals surface area contributed by atoms with Crippen molar-refractivity contribution in [3.8, 4) is 5.75 Å². The van der Waals surface area contributed by atoms with Gasteiger partial charge in [0.25, 0.3) is 5.91 Å². The topological polar surface area (TPSA) is 70.2 Å². The van der Waals surface area contributed by atoms with E-state index < -0.39 is 0 Å². The Hall–Kier alpha value is -2.57. The van der Waals surface area contributed by atoms with E-state index in [2.05, 4.69) is 0 Å². The zero-order chi connectivity index (χ0) is 18.7. The van der Waals surface area contributed by atoms with Gasteiger partial charge in [-0.2, -0.15) is 0 Å². The monoisotopic (exact) mass is 359 g/mol. The highest BCUT2D eigenvalue weighted by Gasteiger charge is 2.26. The predicted molar refractivity (Wildman–Crippen MR) is 97.1 cm³/mol. The molecule has 3 amide bonds. The Morgan fingerprint density at radius 3 is 2.50 bits per heavy atom. The summed E-state index contributed by atoms with van der Waals surface area (Å²) in [6, 6.07) is 5.77. The first kappa shape index (κ1) is 18.2. The van der Waals surface area contributed by atoms with E-state index in [1.54, 1.807) is 21.6 Å². The Labute approximate surface area is 153 Å². The lowest BCUT2D eigenvalue weighted by molar-refractivity contribution is -0.138. The second kappa shape index (κ2) is 7.76. The quantitative estimate of drug-likeness (QED) is 0.810. The van der Waals surface area contributed by atoms with Gasteiger partial charge in [-0.25, -0.2) is 0 Å². The fourth-order valence-electron chi connectivity index (χ4n) is 3.37. The summed E-state index contributed by atoms with van der Waals surface area (Å²) in [6.07, 6.45) is 0.997. The maximum absolute atomic E-state index is 12.4. The molecule has 2 heterocycles.